The lowest BCUT2D eigenvalue weighted by atomic mass is 10.1. The number of rotatable bonds is 7. The molecular weight excluding hydrogens is 350 g/mol. The number of benzene rings is 2. The Morgan fingerprint density at radius 1 is 1.07 bits per heavy atom. The third kappa shape index (κ3) is 6.37. The molecule has 1 aromatic heterocycles. The molecule has 0 aliphatic heterocycles. The van der Waals surface area contributed by atoms with Gasteiger partial charge in [0.1, 0.15) is 0 Å². The van der Waals surface area contributed by atoms with E-state index in [-0.39, 0.29) is 0 Å². The van der Waals surface area contributed by atoms with Crippen molar-refractivity contribution in [2.24, 2.45) is 0 Å². The van der Waals surface area contributed by atoms with Crippen molar-refractivity contribution in [2.75, 3.05) is 6.54 Å². The van der Waals surface area contributed by atoms with Gasteiger partial charge in [0.25, 0.3) is 5.91 Å². The number of hydrogen-bond donors (Lipinski definition) is 4. The summed E-state index contributed by atoms with van der Waals surface area (Å²) in [6.07, 6.45) is 3.92. The molecule has 0 atom stereocenters. The Morgan fingerprint density at radius 2 is 1.79 bits per heavy atom. The van der Waals surface area contributed by atoms with Crippen molar-refractivity contribution in [2.45, 2.75) is 33.7 Å². The highest BCUT2D eigenvalue weighted by atomic mass is 16.5. The molecule has 0 fully saturated rings. The van der Waals surface area contributed by atoms with Crippen LogP contribution in [0.25, 0.3) is 17.0 Å². The molecule has 148 valence electrons. The number of aryl methyl sites for hydroxylation is 1. The SMILES string of the molecule is CC.Cc1cc2ccc(CCNCc3ccc(/C=C/C(=O)NO)cc3)cc2[nH]1. The van der Waals surface area contributed by atoms with Crippen LogP contribution in [0, 0.1) is 6.92 Å². The third-order valence-electron chi connectivity index (χ3n) is 4.26. The molecule has 28 heavy (non-hydrogen) atoms. The summed E-state index contributed by atoms with van der Waals surface area (Å²) in [5.74, 6) is -0.538. The first-order valence-corrected chi connectivity index (χ1v) is 9.64. The van der Waals surface area contributed by atoms with E-state index >= 15 is 0 Å². The molecule has 3 aromatic rings. The first-order chi connectivity index (χ1) is 13.6. The molecule has 0 aliphatic rings. The highest BCUT2D eigenvalue weighted by Crippen LogP contribution is 2.17. The van der Waals surface area contributed by atoms with Crippen molar-refractivity contribution < 1.29 is 10.0 Å². The summed E-state index contributed by atoms with van der Waals surface area (Å²) < 4.78 is 0. The molecule has 3 rings (SSSR count). The summed E-state index contributed by atoms with van der Waals surface area (Å²) in [6, 6.07) is 16.7. The van der Waals surface area contributed by atoms with Crippen molar-refractivity contribution in [1.82, 2.24) is 15.8 Å². The highest BCUT2D eigenvalue weighted by Gasteiger charge is 2.00. The average molecular weight is 380 g/mol. The van der Waals surface area contributed by atoms with Gasteiger partial charge in [-0.15, -0.1) is 0 Å². The van der Waals surface area contributed by atoms with Gasteiger partial charge >= 0.3 is 0 Å². The van der Waals surface area contributed by atoms with Crippen molar-refractivity contribution in [3.63, 3.8) is 0 Å². The lowest BCUT2D eigenvalue weighted by molar-refractivity contribution is -0.124. The van der Waals surface area contributed by atoms with Crippen LogP contribution in [0.3, 0.4) is 0 Å². The summed E-state index contributed by atoms with van der Waals surface area (Å²) in [4.78, 5) is 14.3. The van der Waals surface area contributed by atoms with E-state index in [1.807, 2.05) is 38.1 Å². The Labute approximate surface area is 166 Å². The van der Waals surface area contributed by atoms with Crippen LogP contribution >= 0.6 is 0 Å². The van der Waals surface area contributed by atoms with Gasteiger partial charge in [0, 0.05) is 23.8 Å². The van der Waals surface area contributed by atoms with Crippen molar-refractivity contribution in [3.8, 4) is 0 Å². The smallest absolute Gasteiger partial charge is 0.267 e. The minimum absolute atomic E-state index is 0.538. The fourth-order valence-corrected chi connectivity index (χ4v) is 2.90. The number of fused-ring (bicyclic) bond motifs is 1. The Balaban J connectivity index is 0.00000136. The third-order valence-corrected chi connectivity index (χ3v) is 4.26. The summed E-state index contributed by atoms with van der Waals surface area (Å²) in [6.45, 7) is 7.78. The molecule has 1 heterocycles. The number of carbonyl (C=O) groups is 1. The Morgan fingerprint density at radius 3 is 2.50 bits per heavy atom. The van der Waals surface area contributed by atoms with Gasteiger partial charge in [0.2, 0.25) is 0 Å². The van der Waals surface area contributed by atoms with Crippen LogP contribution in [-0.2, 0) is 17.8 Å². The van der Waals surface area contributed by atoms with Gasteiger partial charge in [-0.25, -0.2) is 5.48 Å². The first-order valence-electron chi connectivity index (χ1n) is 9.64. The van der Waals surface area contributed by atoms with E-state index in [1.54, 1.807) is 11.6 Å². The van der Waals surface area contributed by atoms with E-state index in [1.165, 1.54) is 33.8 Å². The number of amides is 1. The molecule has 5 nitrogen and oxygen atoms in total. The molecule has 0 saturated heterocycles. The molecule has 5 heteroatoms. The molecule has 0 spiro atoms. The van der Waals surface area contributed by atoms with E-state index in [2.05, 4.69) is 41.5 Å². The molecule has 0 aliphatic carbocycles. The van der Waals surface area contributed by atoms with Gasteiger partial charge in [-0.2, -0.15) is 0 Å². The summed E-state index contributed by atoms with van der Waals surface area (Å²) >= 11 is 0. The normalized spacial score (nSPS) is 10.7. The second kappa shape index (κ2) is 11.1. The van der Waals surface area contributed by atoms with Crippen molar-refractivity contribution in [3.05, 3.63) is 77.0 Å². The average Bonchev–Trinajstić information content (AvgIpc) is 3.11. The molecular formula is C23H29N3O2. The Kier molecular flexibility index (Phi) is 8.46. The molecule has 4 N–H and O–H groups in total. The zero-order valence-corrected chi connectivity index (χ0v) is 16.8. The summed E-state index contributed by atoms with van der Waals surface area (Å²) in [5, 5.41) is 13.2. The maximum atomic E-state index is 11.0. The largest absolute Gasteiger partial charge is 0.359 e. The van der Waals surface area contributed by atoms with Gasteiger partial charge in [-0.3, -0.25) is 10.0 Å². The van der Waals surface area contributed by atoms with Crippen LogP contribution in [0.2, 0.25) is 0 Å². The standard InChI is InChI=1S/C21H23N3O2.C2H6/c1-15-12-19-8-6-17(13-20(19)23-15)10-11-22-14-18-4-2-16(3-5-18)7-9-21(25)24-26;1-2/h2-9,12-13,22-23,26H,10-11,14H2,1H3,(H,24,25);1-2H3/b9-7+;. The van der Waals surface area contributed by atoms with E-state index in [4.69, 9.17) is 5.21 Å². The van der Waals surface area contributed by atoms with Crippen LogP contribution in [-0.4, -0.2) is 22.6 Å². The van der Waals surface area contributed by atoms with E-state index in [0.29, 0.717) is 0 Å². The Hall–Kier alpha value is -2.89. The minimum atomic E-state index is -0.538. The second-order valence-electron chi connectivity index (χ2n) is 6.35. The van der Waals surface area contributed by atoms with Crippen LogP contribution in [0.1, 0.15) is 36.2 Å². The van der Waals surface area contributed by atoms with Crippen LogP contribution < -0.4 is 10.8 Å². The van der Waals surface area contributed by atoms with Gasteiger partial charge < -0.3 is 10.3 Å². The molecule has 2 aromatic carbocycles. The van der Waals surface area contributed by atoms with E-state index in [9.17, 15) is 4.79 Å². The number of aromatic amines is 1. The number of hydrogen-bond acceptors (Lipinski definition) is 3. The van der Waals surface area contributed by atoms with Gasteiger partial charge in [0.15, 0.2) is 0 Å². The zero-order chi connectivity index (χ0) is 20.4. The predicted molar refractivity (Wildman–Crippen MR) is 115 cm³/mol. The molecule has 0 radical (unpaired) electrons. The fourth-order valence-electron chi connectivity index (χ4n) is 2.90. The van der Waals surface area contributed by atoms with Crippen molar-refractivity contribution >= 4 is 22.9 Å². The number of hydroxylamine groups is 1. The van der Waals surface area contributed by atoms with Crippen molar-refractivity contribution in [1.29, 1.82) is 0 Å². The van der Waals surface area contributed by atoms with E-state index in [0.717, 1.165) is 25.1 Å². The quantitative estimate of drug-likeness (QED) is 0.213. The van der Waals surface area contributed by atoms with Crippen LogP contribution in [0.4, 0.5) is 0 Å². The van der Waals surface area contributed by atoms with Gasteiger partial charge in [0.05, 0.1) is 0 Å². The zero-order valence-electron chi connectivity index (χ0n) is 16.8. The lowest BCUT2D eigenvalue weighted by Crippen LogP contribution is -2.16. The lowest BCUT2D eigenvalue weighted by Gasteiger charge is -2.06. The first kappa shape index (κ1) is 21.4. The van der Waals surface area contributed by atoms with Gasteiger partial charge in [-0.05, 0) is 60.2 Å². The second-order valence-corrected chi connectivity index (χ2v) is 6.35. The van der Waals surface area contributed by atoms with E-state index < -0.39 is 5.91 Å². The van der Waals surface area contributed by atoms with Crippen LogP contribution in [0.15, 0.2) is 54.6 Å². The molecule has 0 saturated carbocycles. The number of nitrogens with one attached hydrogen (secondary N) is 3. The molecule has 0 unspecified atom stereocenters. The minimum Gasteiger partial charge on any atom is -0.359 e. The molecule has 0 bridgehead atoms. The maximum absolute atomic E-state index is 11.0. The van der Waals surface area contributed by atoms with Crippen LogP contribution in [0.5, 0.6) is 0 Å². The predicted octanol–water partition coefficient (Wildman–Crippen LogP) is 4.35. The van der Waals surface area contributed by atoms with Gasteiger partial charge in [-0.1, -0.05) is 50.2 Å². The summed E-state index contributed by atoms with van der Waals surface area (Å²) in [5.41, 5.74) is 7.35. The molecule has 1 amide bonds. The number of H-pyrrole nitrogens is 1. The number of aromatic nitrogens is 1. The highest BCUT2D eigenvalue weighted by molar-refractivity contribution is 5.90. The number of carbonyl (C=O) groups excluding carboxylic acids is 1. The Bertz CT molecular complexity index is 911. The maximum Gasteiger partial charge on any atom is 0.267 e. The fraction of sp³-hybridized carbons (Fsp3) is 0.261. The topological polar surface area (TPSA) is 77.2 Å². The summed E-state index contributed by atoms with van der Waals surface area (Å²) in [7, 11) is 0. The monoisotopic (exact) mass is 379 g/mol.